The number of ether oxygens (including phenoxy) is 1. The molecule has 1 aliphatic rings. The van der Waals surface area contributed by atoms with Crippen LogP contribution in [0.4, 0.5) is 0 Å². The van der Waals surface area contributed by atoms with Crippen LogP contribution in [0.3, 0.4) is 0 Å². The Morgan fingerprint density at radius 3 is 2.95 bits per heavy atom. The van der Waals surface area contributed by atoms with Gasteiger partial charge in [-0.2, -0.15) is 0 Å². The maximum Gasteiger partial charge on any atom is 0.128 e. The summed E-state index contributed by atoms with van der Waals surface area (Å²) in [5.74, 6) is 1.42. The Hall–Kier alpha value is -1.62. The van der Waals surface area contributed by atoms with E-state index in [9.17, 15) is 0 Å². The van der Waals surface area contributed by atoms with Crippen LogP contribution in [-0.2, 0) is 6.54 Å². The van der Waals surface area contributed by atoms with Gasteiger partial charge in [-0.3, -0.25) is 15.3 Å². The minimum Gasteiger partial charge on any atom is -0.496 e. The van der Waals surface area contributed by atoms with Gasteiger partial charge in [0.2, 0.25) is 0 Å². The number of hydrogen-bond acceptors (Lipinski definition) is 4. The van der Waals surface area contributed by atoms with Gasteiger partial charge in [-0.05, 0) is 33.2 Å². The molecule has 0 aromatic carbocycles. The smallest absolute Gasteiger partial charge is 0.128 e. The molecule has 3 N–H and O–H groups in total. The summed E-state index contributed by atoms with van der Waals surface area (Å²) in [6, 6.07) is 0. The Morgan fingerprint density at radius 1 is 1.55 bits per heavy atom. The average molecular weight is 276 g/mol. The second-order valence-corrected chi connectivity index (χ2v) is 5.58. The summed E-state index contributed by atoms with van der Waals surface area (Å²) in [5.41, 5.74) is 8.86. The van der Waals surface area contributed by atoms with Gasteiger partial charge in [-0.15, -0.1) is 0 Å². The molecule has 5 nitrogen and oxygen atoms in total. The minimum absolute atomic E-state index is 0.191. The van der Waals surface area contributed by atoms with E-state index in [1.165, 1.54) is 0 Å². The number of nitrogens with zero attached hydrogens (tertiary/aromatic N) is 2. The molecule has 2 heterocycles. The molecule has 2 rings (SSSR count). The van der Waals surface area contributed by atoms with E-state index in [-0.39, 0.29) is 5.92 Å². The van der Waals surface area contributed by atoms with Crippen LogP contribution in [0.5, 0.6) is 5.75 Å². The molecule has 1 fully saturated rings. The molecule has 1 unspecified atom stereocenters. The molecule has 1 saturated heterocycles. The lowest BCUT2D eigenvalue weighted by Crippen LogP contribution is -2.40. The molecule has 1 aromatic heterocycles. The highest BCUT2D eigenvalue weighted by molar-refractivity contribution is 5.79. The van der Waals surface area contributed by atoms with Crippen molar-refractivity contribution in [3.63, 3.8) is 0 Å². The maximum absolute atomic E-state index is 7.61. The van der Waals surface area contributed by atoms with Crippen molar-refractivity contribution in [3.05, 3.63) is 23.0 Å². The normalized spacial score (nSPS) is 19.9. The largest absolute Gasteiger partial charge is 0.496 e. The van der Waals surface area contributed by atoms with Crippen LogP contribution in [0.1, 0.15) is 29.7 Å². The van der Waals surface area contributed by atoms with Crippen LogP contribution < -0.4 is 10.5 Å². The molecule has 1 atom stereocenters. The van der Waals surface area contributed by atoms with Crippen LogP contribution >= 0.6 is 0 Å². The van der Waals surface area contributed by atoms with Crippen molar-refractivity contribution in [2.45, 2.75) is 33.2 Å². The summed E-state index contributed by atoms with van der Waals surface area (Å²) in [5, 5.41) is 7.61. The Kier molecular flexibility index (Phi) is 4.60. The molecule has 0 saturated carbocycles. The van der Waals surface area contributed by atoms with Gasteiger partial charge in [0.25, 0.3) is 0 Å². The van der Waals surface area contributed by atoms with Crippen LogP contribution in [-0.4, -0.2) is 35.9 Å². The number of nitrogens with one attached hydrogen (secondary N) is 1. The second kappa shape index (κ2) is 6.22. The van der Waals surface area contributed by atoms with Crippen LogP contribution in [0.15, 0.2) is 6.20 Å². The summed E-state index contributed by atoms with van der Waals surface area (Å²) >= 11 is 0. The van der Waals surface area contributed by atoms with Gasteiger partial charge >= 0.3 is 0 Å². The number of amidine groups is 1. The number of methoxy groups -OCH3 is 1. The lowest BCUT2D eigenvalue weighted by Gasteiger charge is -2.32. The molecule has 0 aliphatic carbocycles. The van der Waals surface area contributed by atoms with E-state index >= 15 is 0 Å². The van der Waals surface area contributed by atoms with Crippen molar-refractivity contribution >= 4 is 5.84 Å². The van der Waals surface area contributed by atoms with E-state index in [0.29, 0.717) is 5.84 Å². The molecule has 1 aliphatic heterocycles. The molecule has 0 radical (unpaired) electrons. The first-order chi connectivity index (χ1) is 9.52. The minimum atomic E-state index is 0.191. The number of rotatable bonds is 4. The monoisotopic (exact) mass is 276 g/mol. The quantitative estimate of drug-likeness (QED) is 0.650. The highest BCUT2D eigenvalue weighted by atomic mass is 16.5. The van der Waals surface area contributed by atoms with E-state index in [2.05, 4.69) is 16.8 Å². The van der Waals surface area contributed by atoms with Crippen molar-refractivity contribution in [1.29, 1.82) is 5.41 Å². The highest BCUT2D eigenvalue weighted by Crippen LogP contribution is 2.26. The maximum atomic E-state index is 7.61. The summed E-state index contributed by atoms with van der Waals surface area (Å²) in [4.78, 5) is 6.88. The Balaban J connectivity index is 2.12. The van der Waals surface area contributed by atoms with Crippen molar-refractivity contribution in [3.8, 4) is 5.75 Å². The number of aryl methyl sites for hydroxylation is 1. The zero-order valence-electron chi connectivity index (χ0n) is 12.6. The highest BCUT2D eigenvalue weighted by Gasteiger charge is 2.23. The van der Waals surface area contributed by atoms with Gasteiger partial charge in [0.15, 0.2) is 0 Å². The molecule has 110 valence electrons. The molecular weight excluding hydrogens is 252 g/mol. The van der Waals surface area contributed by atoms with E-state index in [4.69, 9.17) is 15.9 Å². The third kappa shape index (κ3) is 3.10. The van der Waals surface area contributed by atoms with E-state index in [0.717, 1.165) is 55.0 Å². The van der Waals surface area contributed by atoms with Crippen molar-refractivity contribution in [2.24, 2.45) is 11.7 Å². The number of aromatic nitrogens is 1. The fourth-order valence-electron chi connectivity index (χ4n) is 2.90. The standard InChI is InChI=1S/C15H24N4O/c1-10-7-18-13(11(2)14(10)20-3)9-19-6-4-5-12(8-19)15(16)17/h7,12H,4-6,8-9H2,1-3H3,(H3,16,17). The van der Waals surface area contributed by atoms with Gasteiger partial charge in [0.05, 0.1) is 18.6 Å². The number of hydrogen-bond donors (Lipinski definition) is 2. The fourth-order valence-corrected chi connectivity index (χ4v) is 2.90. The van der Waals surface area contributed by atoms with Gasteiger partial charge in [0.1, 0.15) is 5.75 Å². The molecule has 5 heteroatoms. The Morgan fingerprint density at radius 2 is 2.30 bits per heavy atom. The van der Waals surface area contributed by atoms with Gasteiger partial charge in [-0.1, -0.05) is 0 Å². The third-order valence-electron chi connectivity index (χ3n) is 4.07. The molecule has 0 amide bonds. The SMILES string of the molecule is COc1c(C)cnc(CN2CCCC(C(=N)N)C2)c1C. The molecule has 20 heavy (non-hydrogen) atoms. The average Bonchev–Trinajstić information content (AvgIpc) is 2.43. The van der Waals surface area contributed by atoms with Crippen LogP contribution in [0, 0.1) is 25.2 Å². The van der Waals surface area contributed by atoms with Gasteiger partial charge in [-0.25, -0.2) is 0 Å². The first-order valence-corrected chi connectivity index (χ1v) is 7.08. The summed E-state index contributed by atoms with van der Waals surface area (Å²) in [7, 11) is 1.70. The first-order valence-electron chi connectivity index (χ1n) is 7.08. The lowest BCUT2D eigenvalue weighted by molar-refractivity contribution is 0.193. The number of nitrogens with two attached hydrogens (primary N) is 1. The molecule has 0 bridgehead atoms. The zero-order chi connectivity index (χ0) is 14.7. The van der Waals surface area contributed by atoms with E-state index in [1.807, 2.05) is 13.1 Å². The number of likely N-dealkylation sites (tertiary alicyclic amines) is 1. The van der Waals surface area contributed by atoms with Crippen molar-refractivity contribution in [2.75, 3.05) is 20.2 Å². The van der Waals surface area contributed by atoms with E-state index in [1.54, 1.807) is 7.11 Å². The summed E-state index contributed by atoms with van der Waals surface area (Å²) < 4.78 is 5.45. The van der Waals surface area contributed by atoms with Gasteiger partial charge < -0.3 is 10.5 Å². The van der Waals surface area contributed by atoms with Crippen molar-refractivity contribution in [1.82, 2.24) is 9.88 Å². The number of pyridine rings is 1. The van der Waals surface area contributed by atoms with Crippen LogP contribution in [0.2, 0.25) is 0 Å². The van der Waals surface area contributed by atoms with Gasteiger partial charge in [0, 0.05) is 36.3 Å². The topological polar surface area (TPSA) is 75.2 Å². The van der Waals surface area contributed by atoms with E-state index < -0.39 is 0 Å². The summed E-state index contributed by atoms with van der Waals surface area (Å²) in [6.45, 7) is 6.76. The molecular formula is C15H24N4O. The predicted molar refractivity (Wildman–Crippen MR) is 80.2 cm³/mol. The predicted octanol–water partition coefficient (Wildman–Crippen LogP) is 1.86. The number of piperidine rings is 1. The fraction of sp³-hybridized carbons (Fsp3) is 0.600. The van der Waals surface area contributed by atoms with Crippen LogP contribution in [0.25, 0.3) is 0 Å². The van der Waals surface area contributed by atoms with Crippen molar-refractivity contribution < 1.29 is 4.74 Å². The third-order valence-corrected chi connectivity index (χ3v) is 4.07. The Bertz CT molecular complexity index is 501. The second-order valence-electron chi connectivity index (χ2n) is 5.58. The summed E-state index contributed by atoms with van der Waals surface area (Å²) in [6.07, 6.45) is 3.98. The zero-order valence-corrected chi connectivity index (χ0v) is 12.6. The first kappa shape index (κ1) is 14.8. The Labute approximate surface area is 120 Å². The molecule has 0 spiro atoms. The molecule has 1 aromatic rings. The lowest BCUT2D eigenvalue weighted by atomic mass is 9.96.